The Morgan fingerprint density at radius 1 is 1.40 bits per heavy atom. The lowest BCUT2D eigenvalue weighted by Crippen LogP contribution is -2.49. The van der Waals surface area contributed by atoms with Gasteiger partial charge in [0.25, 0.3) is 0 Å². The van der Waals surface area contributed by atoms with Crippen LogP contribution in [0.25, 0.3) is 10.1 Å². The molecule has 1 aliphatic heterocycles. The van der Waals surface area contributed by atoms with E-state index in [1.54, 1.807) is 0 Å². The molecule has 1 saturated heterocycles. The van der Waals surface area contributed by atoms with E-state index in [0.29, 0.717) is 5.92 Å². The number of nitrogens with one attached hydrogen (secondary N) is 1. The van der Waals surface area contributed by atoms with Crippen molar-refractivity contribution in [2.75, 3.05) is 13.1 Å². The van der Waals surface area contributed by atoms with Crippen LogP contribution in [-0.4, -0.2) is 18.7 Å². The van der Waals surface area contributed by atoms with Gasteiger partial charge in [0.2, 0.25) is 0 Å². The fraction of sp³-hybridized carbons (Fsp3) is 0.529. The molecule has 1 N–H and O–H groups in total. The zero-order valence-corrected chi connectivity index (χ0v) is 13.3. The summed E-state index contributed by atoms with van der Waals surface area (Å²) in [6, 6.07) is 10.9. The van der Waals surface area contributed by atoms with Gasteiger partial charge in [-0.15, -0.1) is 11.3 Å². The maximum absolute atomic E-state index is 6.45. The van der Waals surface area contributed by atoms with Crippen molar-refractivity contribution in [3.05, 3.63) is 35.2 Å². The summed E-state index contributed by atoms with van der Waals surface area (Å²) < 4.78 is 7.80. The molecule has 1 aromatic heterocycles. The van der Waals surface area contributed by atoms with Crippen LogP contribution in [0.2, 0.25) is 0 Å². The van der Waals surface area contributed by atoms with Crippen molar-refractivity contribution >= 4 is 21.4 Å². The number of hydrogen-bond donors (Lipinski definition) is 1. The largest absolute Gasteiger partial charge is 0.364 e. The Labute approximate surface area is 125 Å². The average molecular weight is 289 g/mol. The minimum Gasteiger partial charge on any atom is -0.364 e. The van der Waals surface area contributed by atoms with Crippen molar-refractivity contribution in [3.63, 3.8) is 0 Å². The Morgan fingerprint density at radius 3 is 2.95 bits per heavy atom. The first kappa shape index (κ1) is 14.1. The van der Waals surface area contributed by atoms with Crippen LogP contribution in [0.1, 0.15) is 38.2 Å². The monoisotopic (exact) mass is 289 g/mol. The SMILES string of the molecule is CC(C)CC1(C)CNCC(c2cc3ccccc3s2)O1. The van der Waals surface area contributed by atoms with Crippen molar-refractivity contribution in [2.24, 2.45) is 5.92 Å². The molecule has 0 bridgehead atoms. The second-order valence-corrected chi connectivity index (χ2v) is 7.59. The lowest BCUT2D eigenvalue weighted by molar-refractivity contribution is -0.115. The van der Waals surface area contributed by atoms with Crippen molar-refractivity contribution in [2.45, 2.75) is 38.9 Å². The molecule has 2 heterocycles. The van der Waals surface area contributed by atoms with Crippen molar-refractivity contribution in [1.82, 2.24) is 5.32 Å². The zero-order valence-electron chi connectivity index (χ0n) is 12.5. The normalized spacial score (nSPS) is 27.3. The molecule has 2 atom stereocenters. The highest BCUT2D eigenvalue weighted by Crippen LogP contribution is 2.36. The molecule has 2 nitrogen and oxygen atoms in total. The van der Waals surface area contributed by atoms with Gasteiger partial charge in [-0.25, -0.2) is 0 Å². The van der Waals surface area contributed by atoms with Crippen LogP contribution >= 0.6 is 11.3 Å². The standard InChI is InChI=1S/C17H23NOS/c1-12(2)9-17(3)11-18-10-14(19-17)16-8-13-6-4-5-7-15(13)20-16/h4-8,12,14,18H,9-11H2,1-3H3. The summed E-state index contributed by atoms with van der Waals surface area (Å²) >= 11 is 1.86. The first-order valence-electron chi connectivity index (χ1n) is 7.43. The molecule has 0 aliphatic carbocycles. The van der Waals surface area contributed by atoms with Gasteiger partial charge in [0.15, 0.2) is 0 Å². The molecule has 2 aromatic rings. The van der Waals surface area contributed by atoms with Gasteiger partial charge in [-0.2, -0.15) is 0 Å². The van der Waals surface area contributed by atoms with Crippen molar-refractivity contribution in [1.29, 1.82) is 0 Å². The minimum atomic E-state index is -0.0484. The Kier molecular flexibility index (Phi) is 3.85. The summed E-state index contributed by atoms with van der Waals surface area (Å²) in [7, 11) is 0. The molecule has 1 aliphatic rings. The summed E-state index contributed by atoms with van der Waals surface area (Å²) in [5.74, 6) is 0.656. The summed E-state index contributed by atoms with van der Waals surface area (Å²) in [6.45, 7) is 8.63. The number of thiophene rings is 1. The van der Waals surface area contributed by atoms with Crippen LogP contribution in [-0.2, 0) is 4.74 Å². The molecule has 0 spiro atoms. The maximum atomic E-state index is 6.45. The summed E-state index contributed by atoms with van der Waals surface area (Å²) in [5, 5.41) is 4.88. The van der Waals surface area contributed by atoms with E-state index in [1.165, 1.54) is 15.0 Å². The van der Waals surface area contributed by atoms with Crippen molar-refractivity contribution < 1.29 is 4.74 Å². The third-order valence-corrected chi connectivity index (χ3v) is 5.07. The first-order valence-corrected chi connectivity index (χ1v) is 8.24. The van der Waals surface area contributed by atoms with Crippen LogP contribution in [0, 0.1) is 5.92 Å². The lowest BCUT2D eigenvalue weighted by Gasteiger charge is -2.40. The highest BCUT2D eigenvalue weighted by atomic mass is 32.1. The molecule has 3 heteroatoms. The van der Waals surface area contributed by atoms with Gasteiger partial charge >= 0.3 is 0 Å². The topological polar surface area (TPSA) is 21.3 Å². The Hall–Kier alpha value is -0.900. The number of benzene rings is 1. The van der Waals surface area contributed by atoms with Crippen LogP contribution in [0.4, 0.5) is 0 Å². The van der Waals surface area contributed by atoms with Gasteiger partial charge in [-0.05, 0) is 36.8 Å². The highest BCUT2D eigenvalue weighted by Gasteiger charge is 2.34. The van der Waals surface area contributed by atoms with E-state index in [0.717, 1.165) is 19.5 Å². The Balaban J connectivity index is 1.82. The number of hydrogen-bond acceptors (Lipinski definition) is 3. The number of rotatable bonds is 3. The van der Waals surface area contributed by atoms with E-state index in [-0.39, 0.29) is 11.7 Å². The van der Waals surface area contributed by atoms with Gasteiger partial charge in [-0.1, -0.05) is 32.0 Å². The van der Waals surface area contributed by atoms with E-state index >= 15 is 0 Å². The van der Waals surface area contributed by atoms with Crippen molar-refractivity contribution in [3.8, 4) is 0 Å². The summed E-state index contributed by atoms with van der Waals surface area (Å²) in [4.78, 5) is 1.34. The highest BCUT2D eigenvalue weighted by molar-refractivity contribution is 7.19. The molecular formula is C17H23NOS. The second-order valence-electron chi connectivity index (χ2n) is 6.47. The van der Waals surface area contributed by atoms with Crippen LogP contribution in [0.5, 0.6) is 0 Å². The molecule has 2 unspecified atom stereocenters. The molecule has 108 valence electrons. The van der Waals surface area contributed by atoms with Crippen LogP contribution < -0.4 is 5.32 Å². The third-order valence-electron chi connectivity index (χ3n) is 3.86. The fourth-order valence-corrected chi connectivity index (χ4v) is 4.29. The smallest absolute Gasteiger partial charge is 0.105 e. The molecule has 1 aromatic carbocycles. The number of fused-ring (bicyclic) bond motifs is 1. The Morgan fingerprint density at radius 2 is 2.20 bits per heavy atom. The predicted molar refractivity (Wildman–Crippen MR) is 86.4 cm³/mol. The molecule has 0 saturated carbocycles. The van der Waals surface area contributed by atoms with Gasteiger partial charge < -0.3 is 10.1 Å². The fourth-order valence-electron chi connectivity index (χ4n) is 3.20. The number of ether oxygens (including phenoxy) is 1. The van der Waals surface area contributed by atoms with E-state index in [9.17, 15) is 0 Å². The third kappa shape index (κ3) is 2.90. The molecule has 0 amide bonds. The average Bonchev–Trinajstić information content (AvgIpc) is 2.81. The Bertz CT molecular complexity index is 558. The molecule has 3 rings (SSSR count). The van der Waals surface area contributed by atoms with Gasteiger partial charge in [0, 0.05) is 22.7 Å². The molecule has 0 radical (unpaired) electrons. The predicted octanol–water partition coefficient (Wildman–Crippen LogP) is 4.37. The van der Waals surface area contributed by atoms with Gasteiger partial charge in [0.1, 0.15) is 6.10 Å². The lowest BCUT2D eigenvalue weighted by atomic mass is 9.92. The summed E-state index contributed by atoms with van der Waals surface area (Å²) in [5.41, 5.74) is -0.0484. The van der Waals surface area contributed by atoms with Crippen LogP contribution in [0.15, 0.2) is 30.3 Å². The second kappa shape index (κ2) is 5.47. The first-order chi connectivity index (χ1) is 9.56. The molecular weight excluding hydrogens is 266 g/mol. The molecule has 1 fully saturated rings. The van der Waals surface area contributed by atoms with Gasteiger partial charge in [0.05, 0.1) is 5.60 Å². The van der Waals surface area contributed by atoms with E-state index in [2.05, 4.69) is 56.4 Å². The van der Waals surface area contributed by atoms with Gasteiger partial charge in [-0.3, -0.25) is 0 Å². The minimum absolute atomic E-state index is 0.0484. The van der Waals surface area contributed by atoms with E-state index in [4.69, 9.17) is 4.74 Å². The van der Waals surface area contributed by atoms with Crippen LogP contribution in [0.3, 0.4) is 0 Å². The van der Waals surface area contributed by atoms with E-state index in [1.807, 2.05) is 11.3 Å². The molecule has 20 heavy (non-hydrogen) atoms. The zero-order chi connectivity index (χ0) is 14.2. The number of morpholine rings is 1. The quantitative estimate of drug-likeness (QED) is 0.906. The summed E-state index contributed by atoms with van der Waals surface area (Å²) in [6.07, 6.45) is 1.28. The van der Waals surface area contributed by atoms with E-state index < -0.39 is 0 Å². The maximum Gasteiger partial charge on any atom is 0.105 e.